The van der Waals surface area contributed by atoms with E-state index in [0.717, 1.165) is 31.5 Å². The van der Waals surface area contributed by atoms with Crippen LogP contribution in [0.15, 0.2) is 24.4 Å². The number of carbonyl (C=O) groups excluding carboxylic acids is 1. The molecule has 148 valence electrons. The van der Waals surface area contributed by atoms with E-state index in [1.54, 1.807) is 20.4 Å². The molecule has 2 aromatic rings. The Morgan fingerprint density at radius 1 is 1.26 bits per heavy atom. The third-order valence-electron chi connectivity index (χ3n) is 4.57. The summed E-state index contributed by atoms with van der Waals surface area (Å²) in [6.45, 7) is 2.45. The number of methoxy groups -OCH3 is 2. The Labute approximate surface area is 165 Å². The van der Waals surface area contributed by atoms with Crippen molar-refractivity contribution < 1.29 is 14.3 Å². The van der Waals surface area contributed by atoms with Crippen LogP contribution in [0, 0.1) is 0 Å². The molecule has 0 saturated carbocycles. The number of hydrogen-bond donors (Lipinski definition) is 2. The maximum absolute atomic E-state index is 12.3. The lowest BCUT2D eigenvalue weighted by atomic mass is 10.1. The lowest BCUT2D eigenvalue weighted by Crippen LogP contribution is -2.29. The summed E-state index contributed by atoms with van der Waals surface area (Å²) in [5.74, 6) is 1.17. The van der Waals surface area contributed by atoms with Gasteiger partial charge in [0.1, 0.15) is 0 Å². The number of hydrogen-bond acceptors (Lipinski definition) is 6. The topological polar surface area (TPSA) is 90.3 Å². The van der Waals surface area contributed by atoms with Crippen molar-refractivity contribution in [2.45, 2.75) is 25.3 Å². The number of amides is 1. The van der Waals surface area contributed by atoms with E-state index in [2.05, 4.69) is 20.9 Å². The first-order chi connectivity index (χ1) is 12.7. The van der Waals surface area contributed by atoms with E-state index >= 15 is 0 Å². The molecule has 1 aliphatic heterocycles. The van der Waals surface area contributed by atoms with Gasteiger partial charge in [0.2, 0.25) is 0 Å². The zero-order valence-electron chi connectivity index (χ0n) is 15.6. The van der Waals surface area contributed by atoms with Crippen LogP contribution in [0.4, 0.5) is 0 Å². The molecule has 0 radical (unpaired) electrons. The van der Waals surface area contributed by atoms with Gasteiger partial charge >= 0.3 is 0 Å². The molecule has 8 nitrogen and oxygen atoms in total. The Bertz CT molecular complexity index is 746. The van der Waals surface area contributed by atoms with Gasteiger partial charge in [-0.3, -0.25) is 4.79 Å². The van der Waals surface area contributed by atoms with Crippen LogP contribution in [-0.4, -0.2) is 54.8 Å². The molecule has 0 bridgehead atoms. The van der Waals surface area contributed by atoms with Gasteiger partial charge in [-0.05, 0) is 50.0 Å². The Balaban J connectivity index is 0.00000261. The Kier molecular flexibility index (Phi) is 7.87. The minimum Gasteiger partial charge on any atom is -0.493 e. The predicted octanol–water partition coefficient (Wildman–Crippen LogP) is 1.61. The maximum atomic E-state index is 12.3. The van der Waals surface area contributed by atoms with E-state index in [9.17, 15) is 4.79 Å². The minimum absolute atomic E-state index is 0. The number of aromatic nitrogens is 3. The molecular formula is C18H26ClN5O3. The van der Waals surface area contributed by atoms with E-state index < -0.39 is 0 Å². The first-order valence-corrected chi connectivity index (χ1v) is 8.83. The highest BCUT2D eigenvalue weighted by atomic mass is 35.5. The molecule has 1 amide bonds. The molecule has 0 unspecified atom stereocenters. The second-order valence-corrected chi connectivity index (χ2v) is 6.26. The number of halogens is 1. The number of ether oxygens (including phenoxy) is 2. The zero-order valence-corrected chi connectivity index (χ0v) is 16.4. The highest BCUT2D eigenvalue weighted by Crippen LogP contribution is 2.27. The molecule has 2 N–H and O–H groups in total. The summed E-state index contributed by atoms with van der Waals surface area (Å²) < 4.78 is 12.3. The molecule has 1 aliphatic rings. The van der Waals surface area contributed by atoms with Crippen LogP contribution in [0.1, 0.15) is 34.9 Å². The minimum atomic E-state index is -0.203. The largest absolute Gasteiger partial charge is 0.493 e. The summed E-state index contributed by atoms with van der Waals surface area (Å²) in [5.41, 5.74) is 1.41. The number of rotatable bonds is 7. The van der Waals surface area contributed by atoms with E-state index in [-0.39, 0.29) is 18.3 Å². The van der Waals surface area contributed by atoms with Gasteiger partial charge in [0.05, 0.1) is 26.5 Å². The second-order valence-electron chi connectivity index (χ2n) is 6.26. The Morgan fingerprint density at radius 2 is 2.00 bits per heavy atom. The van der Waals surface area contributed by atoms with Gasteiger partial charge in [0, 0.05) is 6.54 Å². The summed E-state index contributed by atoms with van der Waals surface area (Å²) in [6.07, 6.45) is 4.43. The van der Waals surface area contributed by atoms with Crippen molar-refractivity contribution in [3.63, 3.8) is 0 Å². The van der Waals surface area contributed by atoms with E-state index in [1.807, 2.05) is 22.9 Å². The van der Waals surface area contributed by atoms with Crippen LogP contribution in [0.2, 0.25) is 0 Å². The lowest BCUT2D eigenvalue weighted by Gasteiger charge is -2.22. The van der Waals surface area contributed by atoms with Crippen LogP contribution < -0.4 is 20.1 Å². The first-order valence-electron chi connectivity index (χ1n) is 8.83. The lowest BCUT2D eigenvalue weighted by molar-refractivity contribution is 0.0949. The molecule has 27 heavy (non-hydrogen) atoms. The van der Waals surface area contributed by atoms with Crippen LogP contribution in [0.5, 0.6) is 11.5 Å². The highest BCUT2D eigenvalue weighted by molar-refractivity contribution is 5.91. The summed E-state index contributed by atoms with van der Waals surface area (Å²) >= 11 is 0. The van der Waals surface area contributed by atoms with Gasteiger partial charge < -0.3 is 20.1 Å². The Morgan fingerprint density at radius 3 is 2.70 bits per heavy atom. The number of piperidine rings is 1. The number of nitrogens with one attached hydrogen (secondary N) is 2. The SMILES string of the molecule is COc1ccc(CCNC(=O)c2cn(C3CCNCC3)nn2)cc1OC.Cl. The standard InChI is InChI=1S/C18H25N5O3.ClH/c1-25-16-4-3-13(11-17(16)26-2)5-10-20-18(24)15-12-23(22-21-15)14-6-8-19-9-7-14;/h3-4,11-12,14,19H,5-10H2,1-2H3,(H,20,24);1H. The Hall–Kier alpha value is -2.32. The fourth-order valence-corrected chi connectivity index (χ4v) is 3.08. The average molecular weight is 396 g/mol. The average Bonchev–Trinajstić information content (AvgIpc) is 3.19. The number of nitrogens with zero attached hydrogens (tertiary/aromatic N) is 3. The van der Waals surface area contributed by atoms with Gasteiger partial charge in [-0.1, -0.05) is 11.3 Å². The van der Waals surface area contributed by atoms with Crippen molar-refractivity contribution in [3.8, 4) is 11.5 Å². The molecule has 1 aromatic heterocycles. The van der Waals surface area contributed by atoms with Gasteiger partial charge in [-0.25, -0.2) is 4.68 Å². The van der Waals surface area contributed by atoms with Gasteiger partial charge in [0.15, 0.2) is 17.2 Å². The maximum Gasteiger partial charge on any atom is 0.273 e. The van der Waals surface area contributed by atoms with Gasteiger partial charge in [-0.15, -0.1) is 17.5 Å². The van der Waals surface area contributed by atoms with Crippen LogP contribution in [-0.2, 0) is 6.42 Å². The van der Waals surface area contributed by atoms with Gasteiger partial charge in [0.25, 0.3) is 5.91 Å². The van der Waals surface area contributed by atoms with Crippen LogP contribution in [0.25, 0.3) is 0 Å². The predicted molar refractivity (Wildman–Crippen MR) is 104 cm³/mol. The third kappa shape index (κ3) is 5.33. The molecule has 3 rings (SSSR count). The number of benzene rings is 1. The summed E-state index contributed by atoms with van der Waals surface area (Å²) in [4.78, 5) is 12.3. The molecule has 0 aliphatic carbocycles. The summed E-state index contributed by atoms with van der Waals surface area (Å²) in [7, 11) is 3.21. The molecule has 9 heteroatoms. The van der Waals surface area contributed by atoms with Crippen molar-refractivity contribution >= 4 is 18.3 Å². The fraction of sp³-hybridized carbons (Fsp3) is 0.500. The molecule has 1 saturated heterocycles. The van der Waals surface area contributed by atoms with Gasteiger partial charge in [-0.2, -0.15) is 0 Å². The monoisotopic (exact) mass is 395 g/mol. The first kappa shape index (κ1) is 21.0. The molecule has 1 aromatic carbocycles. The third-order valence-corrected chi connectivity index (χ3v) is 4.57. The van der Waals surface area contributed by atoms with Crippen molar-refractivity contribution in [2.75, 3.05) is 33.9 Å². The van der Waals surface area contributed by atoms with Crippen LogP contribution >= 0.6 is 12.4 Å². The normalized spacial score (nSPS) is 14.3. The van der Waals surface area contributed by atoms with E-state index in [0.29, 0.717) is 36.2 Å². The van der Waals surface area contributed by atoms with Crippen LogP contribution in [0.3, 0.4) is 0 Å². The van der Waals surface area contributed by atoms with E-state index in [1.165, 1.54) is 0 Å². The van der Waals surface area contributed by atoms with Crippen molar-refractivity contribution in [3.05, 3.63) is 35.7 Å². The molecule has 0 spiro atoms. The smallest absolute Gasteiger partial charge is 0.273 e. The van der Waals surface area contributed by atoms with Crippen molar-refractivity contribution in [2.24, 2.45) is 0 Å². The molecular weight excluding hydrogens is 370 g/mol. The van der Waals surface area contributed by atoms with Crippen molar-refractivity contribution in [1.29, 1.82) is 0 Å². The molecule has 0 atom stereocenters. The molecule has 1 fully saturated rings. The fourth-order valence-electron chi connectivity index (χ4n) is 3.08. The highest BCUT2D eigenvalue weighted by Gasteiger charge is 2.18. The quantitative estimate of drug-likeness (QED) is 0.740. The van der Waals surface area contributed by atoms with E-state index in [4.69, 9.17) is 9.47 Å². The second kappa shape index (κ2) is 10.1. The van der Waals surface area contributed by atoms with Crippen molar-refractivity contribution in [1.82, 2.24) is 25.6 Å². The summed E-state index contributed by atoms with van der Waals surface area (Å²) in [5, 5.41) is 14.3. The molecule has 2 heterocycles. The summed E-state index contributed by atoms with van der Waals surface area (Å²) in [6, 6.07) is 6.05. The number of carbonyl (C=O) groups is 1. The zero-order chi connectivity index (χ0) is 18.4.